The van der Waals surface area contributed by atoms with Crippen molar-refractivity contribution in [1.29, 1.82) is 0 Å². The van der Waals surface area contributed by atoms with Crippen molar-refractivity contribution in [3.63, 3.8) is 0 Å². The Balaban J connectivity index is 2.32. The first-order chi connectivity index (χ1) is 10.2. The molecule has 0 aliphatic carbocycles. The van der Waals surface area contributed by atoms with Crippen molar-refractivity contribution in [3.05, 3.63) is 35.6 Å². The van der Waals surface area contributed by atoms with Gasteiger partial charge in [-0.3, -0.25) is 0 Å². The molecule has 0 heterocycles. The molecule has 0 saturated heterocycles. The number of hydrogen-bond donors (Lipinski definition) is 2. The summed E-state index contributed by atoms with van der Waals surface area (Å²) in [5, 5.41) is 6.05. The van der Waals surface area contributed by atoms with Crippen molar-refractivity contribution in [2.75, 3.05) is 6.54 Å². The SMILES string of the molecule is CC(CCNC(C)c1ccccc1F)NC(=O)OC(C)(C)C. The summed E-state index contributed by atoms with van der Waals surface area (Å²) in [5.74, 6) is -0.206. The number of halogens is 1. The maximum atomic E-state index is 13.6. The molecule has 1 amide bonds. The summed E-state index contributed by atoms with van der Waals surface area (Å²) in [5.41, 5.74) is 0.150. The van der Waals surface area contributed by atoms with Gasteiger partial charge in [0.05, 0.1) is 0 Å². The Labute approximate surface area is 132 Å². The molecule has 0 fully saturated rings. The second kappa shape index (κ2) is 8.13. The summed E-state index contributed by atoms with van der Waals surface area (Å²) in [6.45, 7) is 9.99. The molecule has 124 valence electrons. The van der Waals surface area contributed by atoms with Gasteiger partial charge >= 0.3 is 6.09 Å². The van der Waals surface area contributed by atoms with E-state index in [1.54, 1.807) is 12.1 Å². The van der Waals surface area contributed by atoms with E-state index in [4.69, 9.17) is 4.74 Å². The van der Waals surface area contributed by atoms with Gasteiger partial charge in [-0.05, 0) is 53.7 Å². The standard InChI is InChI=1S/C17H27FN2O2/c1-12(20-16(21)22-17(3,4)5)10-11-19-13(2)14-8-6-7-9-15(14)18/h6-9,12-13,19H,10-11H2,1-5H3,(H,20,21). The number of hydrogen-bond acceptors (Lipinski definition) is 3. The van der Waals surface area contributed by atoms with Crippen LogP contribution in [-0.2, 0) is 4.74 Å². The average molecular weight is 310 g/mol. The smallest absolute Gasteiger partial charge is 0.407 e. The van der Waals surface area contributed by atoms with Gasteiger partial charge in [0.2, 0.25) is 0 Å². The number of alkyl carbamates (subject to hydrolysis) is 1. The summed E-state index contributed by atoms with van der Waals surface area (Å²) in [6, 6.07) is 6.64. The van der Waals surface area contributed by atoms with E-state index in [1.165, 1.54) is 6.07 Å². The molecule has 0 spiro atoms. The van der Waals surface area contributed by atoms with Crippen LogP contribution in [0.1, 0.15) is 52.6 Å². The molecule has 2 unspecified atom stereocenters. The number of benzene rings is 1. The van der Waals surface area contributed by atoms with Crippen molar-refractivity contribution < 1.29 is 13.9 Å². The second-order valence-corrected chi connectivity index (χ2v) is 6.53. The van der Waals surface area contributed by atoms with Crippen LogP contribution in [-0.4, -0.2) is 24.3 Å². The summed E-state index contributed by atoms with van der Waals surface area (Å²) in [4.78, 5) is 11.6. The highest BCUT2D eigenvalue weighted by Gasteiger charge is 2.17. The summed E-state index contributed by atoms with van der Waals surface area (Å²) < 4.78 is 18.8. The lowest BCUT2D eigenvalue weighted by molar-refractivity contribution is 0.0506. The molecule has 0 radical (unpaired) electrons. The minimum Gasteiger partial charge on any atom is -0.444 e. The number of rotatable bonds is 6. The van der Waals surface area contributed by atoms with Gasteiger partial charge in [0.1, 0.15) is 11.4 Å². The quantitative estimate of drug-likeness (QED) is 0.840. The van der Waals surface area contributed by atoms with Crippen molar-refractivity contribution in [2.24, 2.45) is 0 Å². The monoisotopic (exact) mass is 310 g/mol. The van der Waals surface area contributed by atoms with Gasteiger partial charge in [-0.15, -0.1) is 0 Å². The molecule has 4 nitrogen and oxygen atoms in total. The molecule has 0 aromatic heterocycles. The van der Waals surface area contributed by atoms with E-state index in [-0.39, 0.29) is 17.9 Å². The minimum atomic E-state index is -0.499. The molecule has 1 rings (SSSR count). The molecule has 0 aliphatic heterocycles. The maximum Gasteiger partial charge on any atom is 0.407 e. The second-order valence-electron chi connectivity index (χ2n) is 6.53. The lowest BCUT2D eigenvalue weighted by atomic mass is 10.1. The number of carbonyl (C=O) groups is 1. The molecular weight excluding hydrogens is 283 g/mol. The van der Waals surface area contributed by atoms with E-state index < -0.39 is 11.7 Å². The summed E-state index contributed by atoms with van der Waals surface area (Å²) >= 11 is 0. The normalized spacial score (nSPS) is 14.3. The van der Waals surface area contributed by atoms with Crippen LogP contribution in [0.2, 0.25) is 0 Å². The molecule has 22 heavy (non-hydrogen) atoms. The van der Waals surface area contributed by atoms with E-state index in [0.717, 1.165) is 6.42 Å². The lowest BCUT2D eigenvalue weighted by Crippen LogP contribution is -2.39. The largest absolute Gasteiger partial charge is 0.444 e. The van der Waals surface area contributed by atoms with Crippen LogP contribution in [0.4, 0.5) is 9.18 Å². The van der Waals surface area contributed by atoms with E-state index in [9.17, 15) is 9.18 Å². The zero-order valence-electron chi connectivity index (χ0n) is 14.1. The highest BCUT2D eigenvalue weighted by molar-refractivity contribution is 5.67. The fourth-order valence-corrected chi connectivity index (χ4v) is 2.03. The first kappa shape index (κ1) is 18.4. The summed E-state index contributed by atoms with van der Waals surface area (Å²) in [6.07, 6.45) is 0.319. The van der Waals surface area contributed by atoms with Gasteiger partial charge in [0, 0.05) is 17.6 Å². The van der Waals surface area contributed by atoms with Gasteiger partial charge < -0.3 is 15.4 Å². The van der Waals surface area contributed by atoms with Crippen molar-refractivity contribution in [1.82, 2.24) is 10.6 Å². The first-order valence-corrected chi connectivity index (χ1v) is 7.66. The third-order valence-corrected chi connectivity index (χ3v) is 3.16. The van der Waals surface area contributed by atoms with Crippen LogP contribution >= 0.6 is 0 Å². The third-order valence-electron chi connectivity index (χ3n) is 3.16. The van der Waals surface area contributed by atoms with Gasteiger partial charge in [-0.1, -0.05) is 18.2 Å². The fraction of sp³-hybridized carbons (Fsp3) is 0.588. The van der Waals surface area contributed by atoms with Gasteiger partial charge in [-0.2, -0.15) is 0 Å². The van der Waals surface area contributed by atoms with Crippen LogP contribution in [0.15, 0.2) is 24.3 Å². The molecular formula is C17H27FN2O2. The van der Waals surface area contributed by atoms with Crippen molar-refractivity contribution in [2.45, 2.75) is 58.7 Å². The molecule has 5 heteroatoms. The Kier molecular flexibility index (Phi) is 6.81. The summed E-state index contributed by atoms with van der Waals surface area (Å²) in [7, 11) is 0. The lowest BCUT2D eigenvalue weighted by Gasteiger charge is -2.22. The molecule has 2 atom stereocenters. The van der Waals surface area contributed by atoms with Crippen molar-refractivity contribution in [3.8, 4) is 0 Å². The molecule has 1 aromatic carbocycles. The van der Waals surface area contributed by atoms with Gasteiger partial charge in [-0.25, -0.2) is 9.18 Å². The average Bonchev–Trinajstić information content (AvgIpc) is 2.36. The minimum absolute atomic E-state index is 0.0184. The number of ether oxygens (including phenoxy) is 1. The molecule has 0 aliphatic rings. The number of nitrogens with one attached hydrogen (secondary N) is 2. The zero-order valence-corrected chi connectivity index (χ0v) is 14.1. The Bertz CT molecular complexity index is 486. The highest BCUT2D eigenvalue weighted by atomic mass is 19.1. The Morgan fingerprint density at radius 2 is 1.91 bits per heavy atom. The molecule has 0 saturated carbocycles. The van der Waals surface area contributed by atoms with Crippen LogP contribution in [0, 0.1) is 5.82 Å². The highest BCUT2D eigenvalue weighted by Crippen LogP contribution is 2.15. The number of carbonyl (C=O) groups excluding carboxylic acids is 1. The van der Waals surface area contributed by atoms with Crippen molar-refractivity contribution >= 4 is 6.09 Å². The molecule has 0 bridgehead atoms. The van der Waals surface area contributed by atoms with Crippen LogP contribution in [0.25, 0.3) is 0 Å². The van der Waals surface area contributed by atoms with E-state index in [2.05, 4.69) is 10.6 Å². The van der Waals surface area contributed by atoms with Crippen LogP contribution in [0.3, 0.4) is 0 Å². The topological polar surface area (TPSA) is 50.4 Å². The van der Waals surface area contributed by atoms with Gasteiger partial charge in [0.25, 0.3) is 0 Å². The molecule has 1 aromatic rings. The fourth-order valence-electron chi connectivity index (χ4n) is 2.03. The Morgan fingerprint density at radius 1 is 1.27 bits per heavy atom. The maximum absolute atomic E-state index is 13.6. The Morgan fingerprint density at radius 3 is 2.50 bits per heavy atom. The first-order valence-electron chi connectivity index (χ1n) is 7.66. The van der Waals surface area contributed by atoms with Crippen LogP contribution in [0.5, 0.6) is 0 Å². The zero-order chi connectivity index (χ0) is 16.8. The number of amides is 1. The molecule has 2 N–H and O–H groups in total. The van der Waals surface area contributed by atoms with E-state index >= 15 is 0 Å². The van der Waals surface area contributed by atoms with Gasteiger partial charge in [0.15, 0.2) is 0 Å². The Hall–Kier alpha value is -1.62. The van der Waals surface area contributed by atoms with E-state index in [0.29, 0.717) is 12.1 Å². The third kappa shape index (κ3) is 6.89. The van der Waals surface area contributed by atoms with Crippen LogP contribution < -0.4 is 10.6 Å². The predicted molar refractivity (Wildman–Crippen MR) is 86.3 cm³/mol. The van der Waals surface area contributed by atoms with E-state index in [1.807, 2.05) is 40.7 Å². The predicted octanol–water partition coefficient (Wildman–Crippen LogP) is 3.78.